The van der Waals surface area contributed by atoms with E-state index in [2.05, 4.69) is 53.5 Å². The van der Waals surface area contributed by atoms with Crippen LogP contribution in [-0.2, 0) is 35.2 Å². The summed E-state index contributed by atoms with van der Waals surface area (Å²) in [5, 5.41) is 22.4. The fourth-order valence-electron chi connectivity index (χ4n) is 14.3. The first-order valence-electron chi connectivity index (χ1n) is 23.0. The molecule has 1 aromatic heterocycles. The minimum Gasteiger partial charge on any atom is -0.481 e. The van der Waals surface area contributed by atoms with Crippen LogP contribution in [0.3, 0.4) is 0 Å². The van der Waals surface area contributed by atoms with Gasteiger partial charge in [0.2, 0.25) is 5.91 Å². The highest BCUT2D eigenvalue weighted by atomic mass is 16.5. The van der Waals surface area contributed by atoms with Gasteiger partial charge in [-0.2, -0.15) is 0 Å². The van der Waals surface area contributed by atoms with E-state index in [-0.39, 0.29) is 70.8 Å². The van der Waals surface area contributed by atoms with Crippen molar-refractivity contribution in [2.45, 2.75) is 145 Å². The molecule has 7 rings (SSSR count). The van der Waals surface area contributed by atoms with E-state index in [0.29, 0.717) is 51.1 Å². The molecule has 0 bridgehead atoms. The molecular weight excluding hydrogens is 759 g/mol. The molecule has 11 nitrogen and oxygen atoms in total. The van der Waals surface area contributed by atoms with E-state index in [1.54, 1.807) is 20.0 Å². The highest BCUT2D eigenvalue weighted by Gasteiger charge is 2.71. The summed E-state index contributed by atoms with van der Waals surface area (Å²) < 4.78 is 11.7. The lowest BCUT2D eigenvalue weighted by atomic mass is 9.33. The molecule has 1 amide bonds. The van der Waals surface area contributed by atoms with Crippen molar-refractivity contribution in [2.24, 2.45) is 56.2 Å². The van der Waals surface area contributed by atoms with Crippen LogP contribution in [-0.4, -0.2) is 100 Å². The lowest BCUT2D eigenvalue weighted by Crippen LogP contribution is -2.66. The van der Waals surface area contributed by atoms with E-state index < -0.39 is 28.9 Å². The summed E-state index contributed by atoms with van der Waals surface area (Å²) in [5.74, 6) is -0.285. The van der Waals surface area contributed by atoms with Gasteiger partial charge in [-0.25, -0.2) is 0 Å². The van der Waals surface area contributed by atoms with Gasteiger partial charge in [0.15, 0.2) is 5.78 Å². The Hall–Kier alpha value is -3.15. The number of rotatable bonds is 12. The topological polar surface area (TPSA) is 147 Å². The number of hydrogen-bond acceptors (Lipinski definition) is 9. The molecule has 2 heterocycles. The average molecular weight is 832 g/mol. The number of carbonyl (C=O) groups excluding carboxylic acids is 3. The molecule has 1 aromatic rings. The Kier molecular flexibility index (Phi) is 12.1. The van der Waals surface area contributed by atoms with E-state index >= 15 is 0 Å². The molecule has 60 heavy (non-hydrogen) atoms. The maximum absolute atomic E-state index is 14.4. The maximum atomic E-state index is 14.4. The van der Waals surface area contributed by atoms with Crippen LogP contribution in [0.25, 0.3) is 0 Å². The van der Waals surface area contributed by atoms with E-state index in [1.165, 1.54) is 5.57 Å². The Morgan fingerprint density at radius 3 is 2.33 bits per heavy atom. The zero-order valence-corrected chi connectivity index (χ0v) is 38.0. The van der Waals surface area contributed by atoms with Gasteiger partial charge in [0.05, 0.1) is 43.4 Å². The van der Waals surface area contributed by atoms with Crippen LogP contribution in [0.2, 0.25) is 0 Å². The van der Waals surface area contributed by atoms with E-state index in [9.17, 15) is 29.4 Å². The Morgan fingerprint density at radius 2 is 1.68 bits per heavy atom. The van der Waals surface area contributed by atoms with Crippen molar-refractivity contribution in [3.8, 4) is 0 Å². The first-order valence-corrected chi connectivity index (χ1v) is 23.0. The first-order chi connectivity index (χ1) is 28.1. The minimum atomic E-state index is -1.19. The molecule has 0 radical (unpaired) electrons. The number of carbonyl (C=O) groups is 4. The quantitative estimate of drug-likeness (QED) is 0.203. The second kappa shape index (κ2) is 16.2. The number of morpholine rings is 1. The van der Waals surface area contributed by atoms with Gasteiger partial charge in [-0.1, -0.05) is 60.1 Å². The number of fused-ring (bicyclic) bond motifs is 7. The Labute approximate surface area is 358 Å². The molecule has 11 heteroatoms. The van der Waals surface area contributed by atoms with Crippen molar-refractivity contribution >= 4 is 23.6 Å². The largest absolute Gasteiger partial charge is 0.481 e. The number of ketones is 1. The summed E-state index contributed by atoms with van der Waals surface area (Å²) in [6.45, 7) is 22.5. The van der Waals surface area contributed by atoms with Gasteiger partial charge in [-0.15, -0.1) is 0 Å². The number of amides is 1. The SMILES string of the molecule is CC(C)C1=C2[C@H]3CC[C@@H]4[C@@]5(C)CC[C@H](OC(=O)CC(C)(C)C(=O)O)C(C)(C)[C@@H]5CC[C@@]4(C)[C@]3(C)CCC2(C(O)CN(CC(=O)N2CCOCC2)Cc2ccccn2)CC1=O. The number of carboxylic acid groups (broad SMARTS) is 1. The van der Waals surface area contributed by atoms with Crippen LogP contribution in [0.15, 0.2) is 35.5 Å². The predicted octanol–water partition coefficient (Wildman–Crippen LogP) is 7.50. The monoisotopic (exact) mass is 832 g/mol. The summed E-state index contributed by atoms with van der Waals surface area (Å²) in [7, 11) is 0. The molecule has 5 fully saturated rings. The third-order valence-corrected chi connectivity index (χ3v) is 17.8. The fourth-order valence-corrected chi connectivity index (χ4v) is 14.3. The van der Waals surface area contributed by atoms with Crippen LogP contribution in [0.5, 0.6) is 0 Å². The zero-order valence-electron chi connectivity index (χ0n) is 38.0. The normalized spacial score (nSPS) is 35.7. The van der Waals surface area contributed by atoms with Crippen molar-refractivity contribution in [1.82, 2.24) is 14.8 Å². The molecule has 9 atom stereocenters. The second-order valence-corrected chi connectivity index (χ2v) is 22.1. The predicted molar refractivity (Wildman–Crippen MR) is 228 cm³/mol. The van der Waals surface area contributed by atoms with Crippen molar-refractivity contribution < 1.29 is 38.9 Å². The van der Waals surface area contributed by atoms with Gasteiger partial charge >= 0.3 is 11.9 Å². The molecule has 0 aromatic carbocycles. The number of nitrogens with zero attached hydrogens (tertiary/aromatic N) is 3. The summed E-state index contributed by atoms with van der Waals surface area (Å²) in [6, 6.07) is 5.79. The average Bonchev–Trinajstić information content (AvgIpc) is 3.50. The van der Waals surface area contributed by atoms with E-state index in [1.807, 2.05) is 28.0 Å². The molecular formula is C49H73N3O8. The third kappa shape index (κ3) is 7.48. The van der Waals surface area contributed by atoms with E-state index in [0.717, 1.165) is 62.6 Å². The number of aliphatic hydroxyl groups is 1. The number of allylic oxidation sites excluding steroid dienone is 1. The Balaban J connectivity index is 1.16. The lowest BCUT2D eigenvalue weighted by molar-refractivity contribution is -0.235. The molecule has 0 spiro atoms. The standard InChI is InChI=1S/C49H73N3O8/c1-31(2)41-34(53)26-49(37(54)29-51(28-32-12-10-11-21-50-32)30-39(55)52-22-24-59-25-23-52)20-19-47(8)33(42(41)49)13-14-36-46(7)17-16-38(60-40(56)27-44(3,4)43(57)58)45(5,6)35(46)15-18-48(36,47)9/h10-12,21,31,33,35-38,54H,13-20,22-30H2,1-9H3,(H,57,58)/t33-,35+,36-,37?,38+,46+,47-,48-,49?/m1/s1. The van der Waals surface area contributed by atoms with Crippen LogP contribution in [0.4, 0.5) is 0 Å². The van der Waals surface area contributed by atoms with Gasteiger partial charge in [0.25, 0.3) is 0 Å². The summed E-state index contributed by atoms with van der Waals surface area (Å²) in [4.78, 5) is 61.6. The number of aliphatic hydroxyl groups excluding tert-OH is 1. The summed E-state index contributed by atoms with van der Waals surface area (Å²) in [6.07, 6.45) is 8.20. The van der Waals surface area contributed by atoms with Crippen molar-refractivity contribution in [2.75, 3.05) is 39.4 Å². The number of aromatic nitrogens is 1. The van der Waals surface area contributed by atoms with Crippen molar-refractivity contribution in [3.05, 3.63) is 41.2 Å². The molecule has 1 aliphatic heterocycles. The van der Waals surface area contributed by atoms with Gasteiger partial charge < -0.3 is 24.6 Å². The summed E-state index contributed by atoms with van der Waals surface area (Å²) >= 11 is 0. The number of aliphatic carboxylic acids is 1. The summed E-state index contributed by atoms with van der Waals surface area (Å²) in [5.41, 5.74) is 0.738. The number of ether oxygens (including phenoxy) is 2. The zero-order chi connectivity index (χ0) is 43.6. The second-order valence-electron chi connectivity index (χ2n) is 22.1. The molecule has 2 unspecified atom stereocenters. The Morgan fingerprint density at radius 1 is 0.967 bits per heavy atom. The number of hydrogen-bond donors (Lipinski definition) is 2. The number of esters is 1. The first kappa shape index (κ1) is 44.9. The molecule has 332 valence electrons. The highest BCUT2D eigenvalue weighted by Crippen LogP contribution is 2.77. The number of carboxylic acids is 1. The van der Waals surface area contributed by atoms with Crippen LogP contribution < -0.4 is 0 Å². The Bertz CT molecular complexity index is 1850. The molecule has 6 aliphatic rings. The molecule has 4 saturated carbocycles. The van der Waals surface area contributed by atoms with Crippen molar-refractivity contribution in [1.29, 1.82) is 0 Å². The van der Waals surface area contributed by atoms with Gasteiger partial charge in [-0.3, -0.25) is 29.1 Å². The van der Waals surface area contributed by atoms with Gasteiger partial charge in [-0.05, 0) is 123 Å². The highest BCUT2D eigenvalue weighted by molar-refractivity contribution is 6.00. The van der Waals surface area contributed by atoms with Crippen molar-refractivity contribution in [3.63, 3.8) is 0 Å². The smallest absolute Gasteiger partial charge is 0.309 e. The van der Waals surface area contributed by atoms with Crippen LogP contribution in [0, 0.1) is 56.2 Å². The van der Waals surface area contributed by atoms with Crippen LogP contribution in [0.1, 0.15) is 132 Å². The maximum Gasteiger partial charge on any atom is 0.309 e. The third-order valence-electron chi connectivity index (χ3n) is 17.8. The van der Waals surface area contributed by atoms with Gasteiger partial charge in [0, 0.05) is 49.6 Å². The lowest BCUT2D eigenvalue weighted by Gasteiger charge is -2.72. The number of pyridine rings is 1. The minimum absolute atomic E-state index is 0.0142. The molecule has 5 aliphatic carbocycles. The fraction of sp³-hybridized carbons (Fsp3) is 0.776. The molecule has 1 saturated heterocycles. The number of Topliss-reactive ketones (excluding diaryl/α,β-unsaturated/α-hetero) is 1. The van der Waals surface area contributed by atoms with Crippen LogP contribution >= 0.6 is 0 Å². The molecule has 2 N–H and O–H groups in total. The van der Waals surface area contributed by atoms with Gasteiger partial charge in [0.1, 0.15) is 6.10 Å². The van der Waals surface area contributed by atoms with E-state index in [4.69, 9.17) is 9.47 Å².